The topological polar surface area (TPSA) is 21.7 Å². The van der Waals surface area contributed by atoms with E-state index in [1.807, 2.05) is 6.07 Å². The van der Waals surface area contributed by atoms with Crippen LogP contribution >= 0.6 is 11.6 Å². The Kier molecular flexibility index (Phi) is 5.64. The molecule has 0 unspecified atom stereocenters. The molecule has 3 aromatic rings. The van der Waals surface area contributed by atoms with E-state index in [1.54, 1.807) is 14.2 Å². The molecule has 3 aromatic carbocycles. The largest absolute Gasteiger partial charge is 0.493 e. The van der Waals surface area contributed by atoms with Crippen molar-refractivity contribution >= 4 is 11.6 Å². The number of aryl methyl sites for hydroxylation is 1. The third-order valence-electron chi connectivity index (χ3n) is 6.87. The third kappa shape index (κ3) is 3.81. The molecule has 2 atom stereocenters. The van der Waals surface area contributed by atoms with Crippen LogP contribution in [0.4, 0.5) is 0 Å². The highest BCUT2D eigenvalue weighted by Crippen LogP contribution is 2.43. The highest BCUT2D eigenvalue weighted by molar-refractivity contribution is 6.30. The number of halogens is 1. The number of rotatable bonds is 4. The van der Waals surface area contributed by atoms with Gasteiger partial charge in [0.1, 0.15) is 0 Å². The van der Waals surface area contributed by atoms with E-state index in [-0.39, 0.29) is 6.04 Å². The van der Waals surface area contributed by atoms with Crippen molar-refractivity contribution in [1.82, 2.24) is 4.90 Å². The normalized spacial score (nSPS) is 20.6. The smallest absolute Gasteiger partial charge is 0.161 e. The molecule has 0 saturated heterocycles. The number of fused-ring (bicyclic) bond motifs is 2. The maximum Gasteiger partial charge on any atom is 0.161 e. The summed E-state index contributed by atoms with van der Waals surface area (Å²) >= 11 is 6.43. The number of benzene rings is 3. The molecule has 5 rings (SSSR count). The van der Waals surface area contributed by atoms with Crippen LogP contribution in [0.15, 0.2) is 60.7 Å². The molecule has 0 saturated carbocycles. The summed E-state index contributed by atoms with van der Waals surface area (Å²) in [7, 11) is 3.41. The van der Waals surface area contributed by atoms with Gasteiger partial charge in [0.15, 0.2) is 11.5 Å². The van der Waals surface area contributed by atoms with E-state index in [0.717, 1.165) is 42.3 Å². The summed E-state index contributed by atoms with van der Waals surface area (Å²) in [4.78, 5) is 2.69. The standard InChI is InChI=1S/C27H28ClNO2/c1-30-25-16-20-12-13-29(23-11-10-18-6-3-4-7-19(18)15-23)27(24(20)17-26(25)31-2)21-8-5-9-22(28)14-21/h3-9,14,16-17,23,27H,10-13,15H2,1-2H3/t23-,27+/m0/s1. The molecular weight excluding hydrogens is 406 g/mol. The van der Waals surface area contributed by atoms with Crippen molar-refractivity contribution < 1.29 is 9.47 Å². The summed E-state index contributed by atoms with van der Waals surface area (Å²) in [6.07, 6.45) is 4.41. The molecule has 3 nitrogen and oxygen atoms in total. The quantitative estimate of drug-likeness (QED) is 0.514. The van der Waals surface area contributed by atoms with Crippen LogP contribution in [0.2, 0.25) is 5.02 Å². The van der Waals surface area contributed by atoms with E-state index in [2.05, 4.69) is 59.5 Å². The van der Waals surface area contributed by atoms with Gasteiger partial charge >= 0.3 is 0 Å². The molecule has 0 fully saturated rings. The molecule has 31 heavy (non-hydrogen) atoms. The summed E-state index contributed by atoms with van der Waals surface area (Å²) in [6.45, 7) is 1.02. The molecule has 1 aliphatic heterocycles. The molecule has 0 radical (unpaired) electrons. The molecule has 0 spiro atoms. The molecule has 160 valence electrons. The average molecular weight is 434 g/mol. The SMILES string of the molecule is COc1cc2c(cc1OC)[C@@H](c1cccc(Cl)c1)N([C@H]1CCc3ccccc3C1)CC2. The van der Waals surface area contributed by atoms with Crippen molar-refractivity contribution in [3.63, 3.8) is 0 Å². The van der Waals surface area contributed by atoms with Gasteiger partial charge in [-0.25, -0.2) is 0 Å². The van der Waals surface area contributed by atoms with E-state index in [4.69, 9.17) is 21.1 Å². The van der Waals surface area contributed by atoms with E-state index >= 15 is 0 Å². The zero-order valence-electron chi connectivity index (χ0n) is 18.1. The number of hydrogen-bond acceptors (Lipinski definition) is 3. The maximum atomic E-state index is 6.43. The van der Waals surface area contributed by atoms with Crippen LogP contribution in [0.5, 0.6) is 11.5 Å². The molecule has 0 aromatic heterocycles. The van der Waals surface area contributed by atoms with Crippen molar-refractivity contribution in [3.05, 3.63) is 93.5 Å². The van der Waals surface area contributed by atoms with Gasteiger partial charge in [0, 0.05) is 17.6 Å². The molecule has 1 aliphatic carbocycles. The van der Waals surface area contributed by atoms with E-state index in [0.29, 0.717) is 6.04 Å². The third-order valence-corrected chi connectivity index (χ3v) is 7.10. The van der Waals surface area contributed by atoms with Gasteiger partial charge in [-0.2, -0.15) is 0 Å². The summed E-state index contributed by atoms with van der Waals surface area (Å²) in [5.74, 6) is 1.58. The first-order valence-corrected chi connectivity index (χ1v) is 11.4. The second-order valence-corrected chi connectivity index (χ2v) is 8.95. The van der Waals surface area contributed by atoms with Gasteiger partial charge in [-0.05, 0) is 77.8 Å². The lowest BCUT2D eigenvalue weighted by Crippen LogP contribution is -2.45. The first-order chi connectivity index (χ1) is 15.2. The van der Waals surface area contributed by atoms with Crippen LogP contribution < -0.4 is 9.47 Å². The summed E-state index contributed by atoms with van der Waals surface area (Å²) in [5.41, 5.74) is 6.85. The summed E-state index contributed by atoms with van der Waals surface area (Å²) < 4.78 is 11.3. The summed E-state index contributed by atoms with van der Waals surface area (Å²) in [5, 5.41) is 0.777. The van der Waals surface area contributed by atoms with Gasteiger partial charge in [0.25, 0.3) is 0 Å². The fourth-order valence-corrected chi connectivity index (χ4v) is 5.57. The van der Waals surface area contributed by atoms with Gasteiger partial charge in [-0.15, -0.1) is 0 Å². The maximum absolute atomic E-state index is 6.43. The van der Waals surface area contributed by atoms with E-state index < -0.39 is 0 Å². The van der Waals surface area contributed by atoms with E-state index in [9.17, 15) is 0 Å². The van der Waals surface area contributed by atoms with E-state index in [1.165, 1.54) is 34.2 Å². The Morgan fingerprint density at radius 3 is 2.39 bits per heavy atom. The molecule has 0 N–H and O–H groups in total. The predicted molar refractivity (Wildman–Crippen MR) is 126 cm³/mol. The Morgan fingerprint density at radius 1 is 0.839 bits per heavy atom. The van der Waals surface area contributed by atoms with Crippen LogP contribution in [0.25, 0.3) is 0 Å². The predicted octanol–water partition coefficient (Wildman–Crippen LogP) is 5.86. The van der Waals surface area contributed by atoms with Gasteiger partial charge in [-0.1, -0.05) is 48.0 Å². The van der Waals surface area contributed by atoms with Crippen molar-refractivity contribution in [2.24, 2.45) is 0 Å². The van der Waals surface area contributed by atoms with Gasteiger partial charge < -0.3 is 9.47 Å². The minimum absolute atomic E-state index is 0.150. The fraction of sp³-hybridized carbons (Fsp3) is 0.333. The molecular formula is C27H28ClNO2. The molecule has 0 amide bonds. The lowest BCUT2D eigenvalue weighted by atomic mass is 9.82. The lowest BCUT2D eigenvalue weighted by Gasteiger charge is -2.44. The van der Waals surface area contributed by atoms with Gasteiger partial charge in [-0.3, -0.25) is 4.90 Å². The number of nitrogens with zero attached hydrogens (tertiary/aromatic N) is 1. The lowest BCUT2D eigenvalue weighted by molar-refractivity contribution is 0.132. The minimum Gasteiger partial charge on any atom is -0.493 e. The Morgan fingerprint density at radius 2 is 1.61 bits per heavy atom. The Bertz CT molecular complexity index is 1100. The van der Waals surface area contributed by atoms with Crippen molar-refractivity contribution in [1.29, 1.82) is 0 Å². The Hall–Kier alpha value is -2.49. The van der Waals surface area contributed by atoms with Crippen molar-refractivity contribution in [2.45, 2.75) is 37.8 Å². The fourth-order valence-electron chi connectivity index (χ4n) is 5.37. The number of methoxy groups -OCH3 is 2. The molecule has 2 aliphatic rings. The molecule has 0 bridgehead atoms. The zero-order chi connectivity index (χ0) is 21.4. The Balaban J connectivity index is 1.59. The Labute approximate surface area is 189 Å². The van der Waals surface area contributed by atoms with Crippen LogP contribution in [-0.4, -0.2) is 31.7 Å². The first-order valence-electron chi connectivity index (χ1n) is 11.0. The second-order valence-electron chi connectivity index (χ2n) is 8.52. The van der Waals surface area contributed by atoms with Crippen LogP contribution in [0, 0.1) is 0 Å². The van der Waals surface area contributed by atoms with Gasteiger partial charge in [0.05, 0.1) is 20.3 Å². The second kappa shape index (κ2) is 8.57. The van der Waals surface area contributed by atoms with Gasteiger partial charge in [0.2, 0.25) is 0 Å². The van der Waals surface area contributed by atoms with Crippen molar-refractivity contribution in [2.75, 3.05) is 20.8 Å². The van der Waals surface area contributed by atoms with Crippen LogP contribution in [0.1, 0.15) is 40.3 Å². The minimum atomic E-state index is 0.150. The highest BCUT2D eigenvalue weighted by atomic mass is 35.5. The zero-order valence-corrected chi connectivity index (χ0v) is 18.9. The molecule has 1 heterocycles. The number of hydrogen-bond donors (Lipinski definition) is 0. The monoisotopic (exact) mass is 433 g/mol. The van der Waals surface area contributed by atoms with Crippen LogP contribution in [0.3, 0.4) is 0 Å². The first kappa shape index (κ1) is 20.4. The summed E-state index contributed by atoms with van der Waals surface area (Å²) in [6, 6.07) is 22.2. The van der Waals surface area contributed by atoms with Crippen molar-refractivity contribution in [3.8, 4) is 11.5 Å². The van der Waals surface area contributed by atoms with Crippen LogP contribution in [-0.2, 0) is 19.3 Å². The average Bonchev–Trinajstić information content (AvgIpc) is 2.82. The highest BCUT2D eigenvalue weighted by Gasteiger charge is 2.36. The number of ether oxygens (including phenoxy) is 2. The molecule has 4 heteroatoms.